The van der Waals surface area contributed by atoms with Crippen LogP contribution in [0.4, 0.5) is 4.39 Å². The maximum Gasteiger partial charge on any atom is 0.195 e. The highest BCUT2D eigenvalue weighted by Gasteiger charge is 2.31. The van der Waals surface area contributed by atoms with E-state index in [9.17, 15) is 17.6 Å². The third-order valence-corrected chi connectivity index (χ3v) is 4.71. The number of carbonyl (C=O) groups excluding carboxylic acids is 1. The molecular formula is C15H15FN2O3S. The average molecular weight is 322 g/mol. The van der Waals surface area contributed by atoms with Gasteiger partial charge in [-0.2, -0.15) is 5.10 Å². The summed E-state index contributed by atoms with van der Waals surface area (Å²) in [5, 5.41) is 4.00. The molecule has 0 saturated heterocycles. The minimum atomic E-state index is -3.57. The minimum absolute atomic E-state index is 0.144. The number of rotatable bonds is 3. The van der Waals surface area contributed by atoms with Crippen LogP contribution in [-0.4, -0.2) is 30.2 Å². The fraction of sp³-hybridized carbons (Fsp3) is 0.333. The first-order chi connectivity index (χ1) is 10.4. The predicted octanol–water partition coefficient (Wildman–Crippen LogP) is 1.99. The maximum absolute atomic E-state index is 13.0. The first kappa shape index (κ1) is 14.9. The zero-order valence-corrected chi connectivity index (χ0v) is 12.9. The van der Waals surface area contributed by atoms with Crippen molar-refractivity contribution >= 4 is 15.6 Å². The summed E-state index contributed by atoms with van der Waals surface area (Å²) in [7, 11) is -3.57. The fourth-order valence-electron chi connectivity index (χ4n) is 2.70. The van der Waals surface area contributed by atoms with Gasteiger partial charge in [0.25, 0.3) is 0 Å². The van der Waals surface area contributed by atoms with E-state index in [0.717, 1.165) is 11.8 Å². The molecule has 7 heteroatoms. The van der Waals surface area contributed by atoms with Gasteiger partial charge in [-0.05, 0) is 30.5 Å². The molecule has 0 bridgehead atoms. The van der Waals surface area contributed by atoms with Gasteiger partial charge in [0.2, 0.25) is 0 Å². The van der Waals surface area contributed by atoms with E-state index < -0.39 is 9.84 Å². The quantitative estimate of drug-likeness (QED) is 0.866. The van der Waals surface area contributed by atoms with Crippen molar-refractivity contribution in [2.24, 2.45) is 0 Å². The molecule has 0 unspecified atom stereocenters. The monoisotopic (exact) mass is 322 g/mol. The van der Waals surface area contributed by atoms with E-state index in [1.54, 1.807) is 16.8 Å². The molecular weight excluding hydrogens is 307 g/mol. The maximum atomic E-state index is 13.0. The second-order valence-electron chi connectivity index (χ2n) is 5.46. The lowest BCUT2D eigenvalue weighted by atomic mass is 9.97. The summed E-state index contributed by atoms with van der Waals surface area (Å²) in [5.74, 6) is -0.509. The largest absolute Gasteiger partial charge is 0.294 e. The van der Waals surface area contributed by atoms with Crippen LogP contribution in [0.1, 0.15) is 34.5 Å². The standard InChI is InChI=1S/C15H15FN2O3S/c1-22(20,21)15-14-12(3-2-4-13(14)19)18(17-15)9-10-5-7-11(16)8-6-10/h5-8H,2-4,9H2,1H3. The van der Waals surface area contributed by atoms with Crippen molar-refractivity contribution in [2.45, 2.75) is 30.8 Å². The first-order valence-corrected chi connectivity index (χ1v) is 8.83. The van der Waals surface area contributed by atoms with E-state index in [2.05, 4.69) is 5.10 Å². The van der Waals surface area contributed by atoms with E-state index in [-0.39, 0.29) is 22.2 Å². The molecule has 1 aliphatic rings. The van der Waals surface area contributed by atoms with Crippen molar-refractivity contribution in [3.63, 3.8) is 0 Å². The topological polar surface area (TPSA) is 69.0 Å². The lowest BCUT2D eigenvalue weighted by Crippen LogP contribution is -2.15. The van der Waals surface area contributed by atoms with Crippen molar-refractivity contribution in [2.75, 3.05) is 6.26 Å². The molecule has 1 aliphatic carbocycles. The number of ketones is 1. The lowest BCUT2D eigenvalue weighted by Gasteiger charge is -2.13. The SMILES string of the molecule is CS(=O)(=O)c1nn(Cc2ccc(F)cc2)c2c1C(=O)CCC2. The number of nitrogens with zero attached hydrogens (tertiary/aromatic N) is 2. The van der Waals surface area contributed by atoms with Crippen molar-refractivity contribution in [1.82, 2.24) is 9.78 Å². The van der Waals surface area contributed by atoms with Crippen molar-refractivity contribution in [1.29, 1.82) is 0 Å². The smallest absolute Gasteiger partial charge is 0.195 e. The number of fused-ring (bicyclic) bond motifs is 1. The highest BCUT2D eigenvalue weighted by Crippen LogP contribution is 2.27. The number of benzene rings is 1. The molecule has 0 saturated carbocycles. The number of hydrogen-bond donors (Lipinski definition) is 0. The zero-order valence-electron chi connectivity index (χ0n) is 12.0. The molecule has 22 heavy (non-hydrogen) atoms. The fourth-order valence-corrected chi connectivity index (χ4v) is 3.55. The van der Waals surface area contributed by atoms with Crippen LogP contribution in [-0.2, 0) is 22.8 Å². The average Bonchev–Trinajstić information content (AvgIpc) is 2.82. The van der Waals surface area contributed by atoms with Gasteiger partial charge in [-0.1, -0.05) is 12.1 Å². The second kappa shape index (κ2) is 5.31. The number of carbonyl (C=O) groups is 1. The number of halogens is 1. The highest BCUT2D eigenvalue weighted by molar-refractivity contribution is 7.90. The van der Waals surface area contributed by atoms with Gasteiger partial charge in [0.05, 0.1) is 17.8 Å². The molecule has 0 spiro atoms. The summed E-state index contributed by atoms with van der Waals surface area (Å²) >= 11 is 0. The van der Waals surface area contributed by atoms with Crippen LogP contribution in [0.2, 0.25) is 0 Å². The lowest BCUT2D eigenvalue weighted by molar-refractivity contribution is 0.0968. The molecule has 0 amide bonds. The Bertz CT molecular complexity index is 838. The molecule has 0 aliphatic heterocycles. The normalized spacial score (nSPS) is 14.9. The summed E-state index contributed by atoms with van der Waals surface area (Å²) < 4.78 is 38.3. The van der Waals surface area contributed by atoms with E-state index >= 15 is 0 Å². The van der Waals surface area contributed by atoms with Gasteiger partial charge in [-0.15, -0.1) is 0 Å². The zero-order chi connectivity index (χ0) is 15.9. The van der Waals surface area contributed by atoms with E-state index in [0.29, 0.717) is 31.5 Å². The Morgan fingerprint density at radius 3 is 2.55 bits per heavy atom. The second-order valence-corrected chi connectivity index (χ2v) is 7.39. The van der Waals surface area contributed by atoms with E-state index in [1.165, 1.54) is 12.1 Å². The molecule has 0 fully saturated rings. The predicted molar refractivity (Wildman–Crippen MR) is 78.1 cm³/mol. The Morgan fingerprint density at radius 1 is 1.23 bits per heavy atom. The third-order valence-electron chi connectivity index (χ3n) is 3.72. The third kappa shape index (κ3) is 2.68. The summed E-state index contributed by atoms with van der Waals surface area (Å²) in [6, 6.07) is 5.92. The van der Waals surface area contributed by atoms with E-state index in [1.807, 2.05) is 0 Å². The minimum Gasteiger partial charge on any atom is -0.294 e. The van der Waals surface area contributed by atoms with Crippen LogP contribution >= 0.6 is 0 Å². The number of aromatic nitrogens is 2. The van der Waals surface area contributed by atoms with Gasteiger partial charge in [0.15, 0.2) is 20.6 Å². The van der Waals surface area contributed by atoms with Gasteiger partial charge in [0.1, 0.15) is 5.82 Å². The first-order valence-electron chi connectivity index (χ1n) is 6.93. The van der Waals surface area contributed by atoms with Crippen molar-refractivity contribution in [3.8, 4) is 0 Å². The van der Waals surface area contributed by atoms with Crippen LogP contribution < -0.4 is 0 Å². The van der Waals surface area contributed by atoms with Gasteiger partial charge < -0.3 is 0 Å². The number of hydrogen-bond acceptors (Lipinski definition) is 4. The molecule has 5 nitrogen and oxygen atoms in total. The summed E-state index contributed by atoms with van der Waals surface area (Å²) in [6.07, 6.45) is 2.70. The van der Waals surface area contributed by atoms with Crippen LogP contribution in [0.5, 0.6) is 0 Å². The molecule has 1 heterocycles. The van der Waals surface area contributed by atoms with Gasteiger partial charge in [0, 0.05) is 12.7 Å². The molecule has 0 N–H and O–H groups in total. The highest BCUT2D eigenvalue weighted by atomic mass is 32.2. The molecule has 1 aromatic heterocycles. The molecule has 0 radical (unpaired) electrons. The summed E-state index contributed by atoms with van der Waals surface area (Å²) in [5.41, 5.74) is 1.68. The Hall–Kier alpha value is -2.02. The van der Waals surface area contributed by atoms with Crippen LogP contribution in [0.25, 0.3) is 0 Å². The molecule has 116 valence electrons. The van der Waals surface area contributed by atoms with Gasteiger partial charge >= 0.3 is 0 Å². The van der Waals surface area contributed by atoms with Crippen LogP contribution in [0, 0.1) is 5.82 Å². The Kier molecular flexibility index (Phi) is 3.60. The van der Waals surface area contributed by atoms with Crippen molar-refractivity contribution in [3.05, 3.63) is 46.9 Å². The molecule has 3 rings (SSSR count). The molecule has 0 atom stereocenters. The molecule has 1 aromatic carbocycles. The number of sulfone groups is 1. The van der Waals surface area contributed by atoms with E-state index in [4.69, 9.17) is 0 Å². The van der Waals surface area contributed by atoms with Gasteiger partial charge in [-0.25, -0.2) is 12.8 Å². The number of Topliss-reactive ketones (excluding diaryl/α,β-unsaturated/α-hetero) is 1. The van der Waals surface area contributed by atoms with Crippen molar-refractivity contribution < 1.29 is 17.6 Å². The van der Waals surface area contributed by atoms with Crippen LogP contribution in [0.3, 0.4) is 0 Å². The summed E-state index contributed by atoms with van der Waals surface area (Å²) in [6.45, 7) is 0.311. The summed E-state index contributed by atoms with van der Waals surface area (Å²) in [4.78, 5) is 12.1. The Balaban J connectivity index is 2.09. The Labute approximate surface area is 127 Å². The Morgan fingerprint density at radius 2 is 1.91 bits per heavy atom. The van der Waals surface area contributed by atoms with Gasteiger partial charge in [-0.3, -0.25) is 9.48 Å². The van der Waals surface area contributed by atoms with Crippen LogP contribution in [0.15, 0.2) is 29.3 Å². The molecule has 2 aromatic rings.